The van der Waals surface area contributed by atoms with Gasteiger partial charge in [0.1, 0.15) is 29.5 Å². The average Bonchev–Trinajstić information content (AvgIpc) is 3.98. The Morgan fingerprint density at radius 1 is 0.952 bits per heavy atom. The summed E-state index contributed by atoms with van der Waals surface area (Å²) in [6, 6.07) is 3.61. The summed E-state index contributed by atoms with van der Waals surface area (Å²) in [6.07, 6.45) is 16.1. The minimum absolute atomic E-state index is 0.0115. The molecule has 1 aromatic heterocycles. The van der Waals surface area contributed by atoms with E-state index in [1.54, 1.807) is 32.6 Å². The van der Waals surface area contributed by atoms with E-state index >= 15 is 4.79 Å². The number of nitrogens with zero attached hydrogens (tertiary/aromatic N) is 5. The van der Waals surface area contributed by atoms with E-state index in [1.807, 2.05) is 42.2 Å². The number of hydrogen-bond donors (Lipinski definition) is 4. The minimum Gasteiger partial charge on any atom is -0.344 e. The molecule has 4 fully saturated rings. The van der Waals surface area contributed by atoms with Gasteiger partial charge in [-0.25, -0.2) is 4.98 Å². The maximum Gasteiger partial charge on any atom is 0.290 e. The quantitative estimate of drug-likeness (QED) is 0.153. The SMILES string of the molecule is C#CCN1C(=O)[C@@H]2CCCN2C12C[C@@H](C(=O)NC(CCC)C(=O)C(=O)N[C@@H](C)c1ccccc1)N(C(=O)[C@@H](NC(=O)[C@@H](NC(=O)c1cnccn1)C1CCCCC1)C(C)(C)C)C2. The first-order valence-corrected chi connectivity index (χ1v) is 22.0. The molecule has 7 atom stereocenters. The van der Waals surface area contributed by atoms with Crippen molar-refractivity contribution < 1.29 is 33.6 Å². The third-order valence-electron chi connectivity index (χ3n) is 13.0. The van der Waals surface area contributed by atoms with Crippen LogP contribution < -0.4 is 21.3 Å². The number of fused-ring (bicyclic) bond motifs is 2. The second-order valence-corrected chi connectivity index (χ2v) is 18.2. The number of ketones is 1. The van der Waals surface area contributed by atoms with E-state index in [1.165, 1.54) is 23.5 Å². The number of terminal acetylenes is 1. The van der Waals surface area contributed by atoms with E-state index in [2.05, 4.69) is 37.2 Å². The van der Waals surface area contributed by atoms with Gasteiger partial charge in [-0.3, -0.25) is 43.4 Å². The third kappa shape index (κ3) is 9.67. The van der Waals surface area contributed by atoms with E-state index in [0.29, 0.717) is 32.2 Å². The van der Waals surface area contributed by atoms with Crippen molar-refractivity contribution in [1.29, 1.82) is 0 Å². The van der Waals surface area contributed by atoms with E-state index in [9.17, 15) is 28.8 Å². The normalized spacial score (nSPS) is 23.5. The smallest absolute Gasteiger partial charge is 0.290 e. The fourth-order valence-corrected chi connectivity index (χ4v) is 9.73. The fourth-order valence-electron chi connectivity index (χ4n) is 9.73. The van der Waals surface area contributed by atoms with E-state index in [4.69, 9.17) is 6.42 Å². The predicted molar refractivity (Wildman–Crippen MR) is 229 cm³/mol. The van der Waals surface area contributed by atoms with Gasteiger partial charge in [0, 0.05) is 25.4 Å². The lowest BCUT2D eigenvalue weighted by Gasteiger charge is -2.40. The van der Waals surface area contributed by atoms with Crippen molar-refractivity contribution in [2.75, 3.05) is 19.6 Å². The largest absolute Gasteiger partial charge is 0.344 e. The standard InChI is InChI=1S/C46H61N9O7/c1-7-16-32(37(56)42(60)49-29(3)30-17-11-9-12-18-30)50-40(58)35-26-46(54-25-15-21-34(54)43(61)55(46)24-8-2)28-53(35)44(62)38(45(4,5)6)52-41(59)36(31-19-13-10-14-20-31)51-39(57)33-27-47-22-23-48-33/h2,9,11-12,17-18,22-23,27,29,31-32,34-36,38H,7,10,13-16,19-21,24-26,28H2,1,3-6H3,(H,49,60)(H,50,58)(H,51,57)(H,52,59)/t29-,32?,34-,35-,36-,38+,46?/m0/s1. The van der Waals surface area contributed by atoms with Crippen LogP contribution >= 0.6 is 0 Å². The van der Waals surface area contributed by atoms with Gasteiger partial charge in [-0.15, -0.1) is 6.42 Å². The van der Waals surface area contributed by atoms with Gasteiger partial charge >= 0.3 is 0 Å². The summed E-state index contributed by atoms with van der Waals surface area (Å²) in [6.45, 7) is 9.40. The lowest BCUT2D eigenvalue weighted by Crippen LogP contribution is -2.62. The second kappa shape index (κ2) is 19.6. The molecule has 3 saturated heterocycles. The van der Waals surface area contributed by atoms with Gasteiger partial charge in [0.2, 0.25) is 29.4 Å². The number of benzene rings is 1. The Morgan fingerprint density at radius 3 is 2.32 bits per heavy atom. The van der Waals surface area contributed by atoms with Crippen LogP contribution in [-0.2, 0) is 28.8 Å². The maximum atomic E-state index is 15.3. The molecule has 1 saturated carbocycles. The third-order valence-corrected chi connectivity index (χ3v) is 13.0. The lowest BCUT2D eigenvalue weighted by molar-refractivity contribution is -0.145. The Bertz CT molecular complexity index is 2030. The van der Waals surface area contributed by atoms with Gasteiger partial charge in [0.25, 0.3) is 11.8 Å². The van der Waals surface area contributed by atoms with Crippen LogP contribution in [0.3, 0.4) is 0 Å². The van der Waals surface area contributed by atoms with Crippen LogP contribution in [0.25, 0.3) is 0 Å². The number of carbonyl (C=O) groups is 7. The lowest BCUT2D eigenvalue weighted by atomic mass is 9.82. The average molecular weight is 852 g/mol. The Labute approximate surface area is 364 Å². The second-order valence-electron chi connectivity index (χ2n) is 18.2. The van der Waals surface area contributed by atoms with Crippen LogP contribution in [0.4, 0.5) is 0 Å². The molecule has 2 unspecified atom stereocenters. The zero-order valence-corrected chi connectivity index (χ0v) is 36.5. The molecule has 1 spiro atoms. The Morgan fingerprint density at radius 2 is 1.68 bits per heavy atom. The van der Waals surface area contributed by atoms with Crippen molar-refractivity contribution in [1.82, 2.24) is 45.9 Å². The Balaban J connectivity index is 1.31. The Kier molecular flexibility index (Phi) is 14.5. The maximum absolute atomic E-state index is 15.3. The molecule has 6 amide bonds. The summed E-state index contributed by atoms with van der Waals surface area (Å²) in [5.74, 6) is -1.82. The molecule has 0 radical (unpaired) electrons. The molecule has 4 N–H and O–H groups in total. The monoisotopic (exact) mass is 851 g/mol. The fraction of sp³-hybridized carbons (Fsp3) is 0.587. The topological polar surface area (TPSA) is 203 Å². The summed E-state index contributed by atoms with van der Waals surface area (Å²) in [5.41, 5.74) is -1.20. The molecule has 16 heteroatoms. The molecule has 4 aliphatic rings. The van der Waals surface area contributed by atoms with Crippen LogP contribution in [0.5, 0.6) is 0 Å². The van der Waals surface area contributed by atoms with Gasteiger partial charge < -0.3 is 31.1 Å². The van der Waals surface area contributed by atoms with E-state index < -0.39 is 82.6 Å². The van der Waals surface area contributed by atoms with Gasteiger partial charge in [-0.05, 0) is 55.9 Å². The van der Waals surface area contributed by atoms with Gasteiger partial charge in [0.05, 0.1) is 37.4 Å². The predicted octanol–water partition coefficient (Wildman–Crippen LogP) is 2.65. The van der Waals surface area contributed by atoms with E-state index in [0.717, 1.165) is 31.2 Å². The van der Waals surface area contributed by atoms with Crippen LogP contribution in [0.2, 0.25) is 0 Å². The summed E-state index contributed by atoms with van der Waals surface area (Å²) in [5, 5.41) is 11.5. The molecule has 4 heterocycles. The molecular weight excluding hydrogens is 791 g/mol. The summed E-state index contributed by atoms with van der Waals surface area (Å²) in [4.78, 5) is 112. The first kappa shape index (κ1) is 45.8. The van der Waals surface area contributed by atoms with Crippen molar-refractivity contribution in [2.45, 2.75) is 141 Å². The van der Waals surface area contributed by atoms with Gasteiger partial charge in [0.15, 0.2) is 0 Å². The van der Waals surface area contributed by atoms with Crippen molar-refractivity contribution in [2.24, 2.45) is 11.3 Å². The molecule has 62 heavy (non-hydrogen) atoms. The number of amides is 6. The van der Waals surface area contributed by atoms with Crippen LogP contribution in [0, 0.1) is 23.7 Å². The molecule has 332 valence electrons. The first-order chi connectivity index (χ1) is 29.6. The first-order valence-electron chi connectivity index (χ1n) is 22.0. The number of rotatable bonds is 15. The molecule has 6 rings (SSSR count). The molecule has 1 aromatic carbocycles. The highest BCUT2D eigenvalue weighted by Gasteiger charge is 2.64. The Hall–Kier alpha value is -5.69. The summed E-state index contributed by atoms with van der Waals surface area (Å²) < 4.78 is 0. The zero-order valence-electron chi connectivity index (χ0n) is 36.5. The molecule has 3 aliphatic heterocycles. The van der Waals surface area contributed by atoms with Gasteiger partial charge in [-0.1, -0.05) is 89.6 Å². The van der Waals surface area contributed by atoms with Crippen molar-refractivity contribution in [3.05, 3.63) is 60.2 Å². The van der Waals surface area contributed by atoms with E-state index in [-0.39, 0.29) is 43.5 Å². The van der Waals surface area contributed by atoms with Crippen LogP contribution in [0.1, 0.15) is 121 Å². The van der Waals surface area contributed by atoms with Crippen LogP contribution in [0.15, 0.2) is 48.9 Å². The summed E-state index contributed by atoms with van der Waals surface area (Å²) in [7, 11) is 0. The molecular formula is C46H61N9O7. The van der Waals surface area contributed by atoms with Crippen molar-refractivity contribution in [3.63, 3.8) is 0 Å². The number of carbonyl (C=O) groups excluding carboxylic acids is 7. The number of likely N-dealkylation sites (tertiary alicyclic amines) is 1. The number of nitrogens with one attached hydrogen (secondary N) is 4. The molecule has 1 aliphatic carbocycles. The molecule has 2 aromatic rings. The highest BCUT2D eigenvalue weighted by Crippen LogP contribution is 2.46. The van der Waals surface area contributed by atoms with Crippen LogP contribution in [-0.4, -0.2) is 121 Å². The summed E-state index contributed by atoms with van der Waals surface area (Å²) >= 11 is 0. The zero-order chi connectivity index (χ0) is 44.8. The number of hydrogen-bond acceptors (Lipinski definition) is 10. The molecule has 16 nitrogen and oxygen atoms in total. The number of aromatic nitrogens is 2. The molecule has 0 bridgehead atoms. The van der Waals surface area contributed by atoms with Crippen molar-refractivity contribution in [3.8, 4) is 12.3 Å². The van der Waals surface area contributed by atoms with Crippen molar-refractivity contribution >= 4 is 41.2 Å². The highest BCUT2D eigenvalue weighted by molar-refractivity contribution is 6.38. The highest BCUT2D eigenvalue weighted by atomic mass is 16.2. The number of Topliss-reactive ketones (excluding diaryl/α,β-unsaturated/α-hetero) is 1. The minimum atomic E-state index is -1.22. The van der Waals surface area contributed by atoms with Gasteiger partial charge in [-0.2, -0.15) is 0 Å².